The van der Waals surface area contributed by atoms with Crippen molar-refractivity contribution in [1.29, 1.82) is 0 Å². The van der Waals surface area contributed by atoms with E-state index in [0.29, 0.717) is 11.3 Å². The zero-order chi connectivity index (χ0) is 16.7. The standard InChI is InChI=1S/C16H13IN5OS/c1-2-4-22-15-13(14(18)19-8-20-15)21-16(22)24-12-7-11-9(3-5-23-11)6-10(12)17/h3,5-8H,1-2,4H2,(H2,18,19,20). The first-order valence-corrected chi connectivity index (χ1v) is 9.17. The van der Waals surface area contributed by atoms with Crippen LogP contribution in [0.3, 0.4) is 0 Å². The summed E-state index contributed by atoms with van der Waals surface area (Å²) in [6.07, 6.45) is 3.90. The van der Waals surface area contributed by atoms with Gasteiger partial charge in [-0.1, -0.05) is 18.7 Å². The van der Waals surface area contributed by atoms with E-state index < -0.39 is 0 Å². The normalized spacial score (nSPS) is 11.6. The highest BCUT2D eigenvalue weighted by Crippen LogP contribution is 2.36. The molecule has 24 heavy (non-hydrogen) atoms. The number of hydrogen-bond acceptors (Lipinski definition) is 6. The van der Waals surface area contributed by atoms with E-state index in [9.17, 15) is 0 Å². The number of nitrogen functional groups attached to an aromatic ring is 1. The number of aryl methyl sites for hydroxylation is 1. The molecule has 0 atom stereocenters. The first-order valence-electron chi connectivity index (χ1n) is 7.28. The third-order valence-electron chi connectivity index (χ3n) is 3.62. The van der Waals surface area contributed by atoms with Crippen LogP contribution in [0.25, 0.3) is 22.1 Å². The molecule has 0 saturated heterocycles. The van der Waals surface area contributed by atoms with Crippen LogP contribution in [-0.4, -0.2) is 19.5 Å². The van der Waals surface area contributed by atoms with Crippen molar-refractivity contribution in [2.75, 3.05) is 5.73 Å². The monoisotopic (exact) mass is 450 g/mol. The maximum atomic E-state index is 5.95. The van der Waals surface area contributed by atoms with Gasteiger partial charge in [-0.25, -0.2) is 15.0 Å². The number of furan rings is 1. The topological polar surface area (TPSA) is 82.8 Å². The molecule has 0 unspecified atom stereocenters. The summed E-state index contributed by atoms with van der Waals surface area (Å²) in [5, 5.41) is 1.91. The van der Waals surface area contributed by atoms with Gasteiger partial charge in [0.2, 0.25) is 0 Å². The Morgan fingerprint density at radius 3 is 3.04 bits per heavy atom. The molecule has 4 rings (SSSR count). The number of anilines is 1. The highest BCUT2D eigenvalue weighted by molar-refractivity contribution is 14.1. The van der Waals surface area contributed by atoms with Crippen molar-refractivity contribution < 1.29 is 4.42 Å². The van der Waals surface area contributed by atoms with E-state index in [1.807, 2.05) is 16.7 Å². The molecule has 0 aliphatic carbocycles. The quantitative estimate of drug-likeness (QED) is 0.471. The van der Waals surface area contributed by atoms with Crippen LogP contribution < -0.4 is 5.73 Å². The molecule has 6 nitrogen and oxygen atoms in total. The summed E-state index contributed by atoms with van der Waals surface area (Å²) < 4.78 is 8.68. The van der Waals surface area contributed by atoms with Crippen LogP contribution in [0.5, 0.6) is 0 Å². The summed E-state index contributed by atoms with van der Waals surface area (Å²) in [5.41, 5.74) is 8.17. The average Bonchev–Trinajstić information content (AvgIpc) is 3.14. The largest absolute Gasteiger partial charge is 0.464 e. The Labute approximate surface area is 156 Å². The minimum absolute atomic E-state index is 0.390. The fourth-order valence-electron chi connectivity index (χ4n) is 2.51. The molecule has 0 aliphatic heterocycles. The third kappa shape index (κ3) is 2.63. The van der Waals surface area contributed by atoms with Gasteiger partial charge in [0.15, 0.2) is 22.1 Å². The molecule has 0 bridgehead atoms. The van der Waals surface area contributed by atoms with E-state index in [2.05, 4.69) is 50.5 Å². The third-order valence-corrected chi connectivity index (χ3v) is 5.93. The second-order valence-corrected chi connectivity index (χ2v) is 7.35. The Morgan fingerprint density at radius 1 is 1.33 bits per heavy atom. The van der Waals surface area contributed by atoms with Gasteiger partial charge in [0.25, 0.3) is 0 Å². The molecule has 0 aliphatic rings. The predicted molar refractivity (Wildman–Crippen MR) is 103 cm³/mol. The van der Waals surface area contributed by atoms with Crippen molar-refractivity contribution in [3.05, 3.63) is 41.3 Å². The fourth-order valence-corrected chi connectivity index (χ4v) is 4.28. The highest BCUT2D eigenvalue weighted by atomic mass is 127. The lowest BCUT2D eigenvalue weighted by Crippen LogP contribution is -2.01. The molecular formula is C16H13IN5OS. The van der Waals surface area contributed by atoms with Crippen LogP contribution in [0.4, 0.5) is 5.82 Å². The lowest BCUT2D eigenvalue weighted by Gasteiger charge is -2.08. The van der Waals surface area contributed by atoms with Crippen molar-refractivity contribution in [2.24, 2.45) is 0 Å². The second kappa shape index (κ2) is 6.25. The van der Waals surface area contributed by atoms with E-state index in [4.69, 9.17) is 10.2 Å². The number of fused-ring (bicyclic) bond motifs is 2. The molecular weight excluding hydrogens is 437 g/mol. The predicted octanol–water partition coefficient (Wildman–Crippen LogP) is 4.13. The Kier molecular flexibility index (Phi) is 4.09. The smallest absolute Gasteiger partial charge is 0.175 e. The van der Waals surface area contributed by atoms with E-state index >= 15 is 0 Å². The minimum atomic E-state index is 0.390. The molecule has 0 saturated carbocycles. The van der Waals surface area contributed by atoms with Crippen molar-refractivity contribution >= 4 is 62.3 Å². The minimum Gasteiger partial charge on any atom is -0.464 e. The molecule has 0 amide bonds. The Bertz CT molecular complexity index is 1040. The van der Waals surface area contributed by atoms with Gasteiger partial charge in [-0.15, -0.1) is 0 Å². The first-order chi connectivity index (χ1) is 11.7. The summed E-state index contributed by atoms with van der Waals surface area (Å²) in [4.78, 5) is 14.1. The SMILES string of the molecule is [CH2]CCn1c(Sc2cc3occc3cc2I)nc2c(N)ncnc21. The Hall–Kier alpha value is -1.81. The van der Waals surface area contributed by atoms with Crippen LogP contribution in [0.2, 0.25) is 0 Å². The molecule has 1 aromatic carbocycles. The summed E-state index contributed by atoms with van der Waals surface area (Å²) in [7, 11) is 0. The molecule has 1 radical (unpaired) electrons. The number of nitrogens with two attached hydrogens (primary N) is 1. The van der Waals surface area contributed by atoms with Crippen molar-refractivity contribution in [1.82, 2.24) is 19.5 Å². The first kappa shape index (κ1) is 15.7. The van der Waals surface area contributed by atoms with E-state index in [0.717, 1.165) is 43.2 Å². The van der Waals surface area contributed by atoms with Crippen molar-refractivity contribution in [3.63, 3.8) is 0 Å². The van der Waals surface area contributed by atoms with Gasteiger partial charge >= 0.3 is 0 Å². The molecule has 121 valence electrons. The van der Waals surface area contributed by atoms with E-state index in [1.54, 1.807) is 18.0 Å². The number of halogens is 1. The number of hydrogen-bond donors (Lipinski definition) is 1. The lowest BCUT2D eigenvalue weighted by atomic mass is 10.3. The van der Waals surface area contributed by atoms with Crippen LogP contribution in [0, 0.1) is 10.5 Å². The van der Waals surface area contributed by atoms with Gasteiger partial charge in [0, 0.05) is 20.4 Å². The molecule has 0 fully saturated rings. The molecule has 3 heterocycles. The molecule has 3 aromatic heterocycles. The Morgan fingerprint density at radius 2 is 2.21 bits per heavy atom. The van der Waals surface area contributed by atoms with Gasteiger partial charge in [0.1, 0.15) is 11.9 Å². The summed E-state index contributed by atoms with van der Waals surface area (Å²) in [6, 6.07) is 6.09. The average molecular weight is 450 g/mol. The fraction of sp³-hybridized carbons (Fsp3) is 0.125. The van der Waals surface area contributed by atoms with Gasteiger partial charge in [0.05, 0.1) is 6.26 Å². The zero-order valence-corrected chi connectivity index (χ0v) is 15.5. The second-order valence-electron chi connectivity index (χ2n) is 5.17. The van der Waals surface area contributed by atoms with Crippen molar-refractivity contribution in [3.8, 4) is 0 Å². The van der Waals surface area contributed by atoms with Gasteiger partial charge in [-0.05, 0) is 47.2 Å². The summed E-state index contributed by atoms with van der Waals surface area (Å²) >= 11 is 3.89. The number of rotatable bonds is 4. The van der Waals surface area contributed by atoms with Crippen LogP contribution >= 0.6 is 34.4 Å². The molecule has 8 heteroatoms. The molecule has 4 aromatic rings. The van der Waals surface area contributed by atoms with Crippen molar-refractivity contribution in [2.45, 2.75) is 23.0 Å². The molecule has 2 N–H and O–H groups in total. The van der Waals surface area contributed by atoms with E-state index in [1.165, 1.54) is 6.33 Å². The summed E-state index contributed by atoms with van der Waals surface area (Å²) in [5.74, 6) is 0.390. The van der Waals surface area contributed by atoms with Gasteiger partial charge in [-0.2, -0.15) is 0 Å². The van der Waals surface area contributed by atoms with Crippen LogP contribution in [-0.2, 0) is 6.54 Å². The van der Waals surface area contributed by atoms with Crippen LogP contribution in [0.1, 0.15) is 6.42 Å². The highest BCUT2D eigenvalue weighted by Gasteiger charge is 2.17. The number of aromatic nitrogens is 4. The number of imidazole rings is 1. The maximum absolute atomic E-state index is 5.95. The Balaban J connectivity index is 1.84. The number of nitrogens with zero attached hydrogens (tertiary/aromatic N) is 4. The summed E-state index contributed by atoms with van der Waals surface area (Å²) in [6.45, 7) is 4.66. The zero-order valence-electron chi connectivity index (χ0n) is 12.6. The number of benzene rings is 1. The lowest BCUT2D eigenvalue weighted by molar-refractivity contribution is 0.615. The molecule has 0 spiro atoms. The van der Waals surface area contributed by atoms with Gasteiger partial charge < -0.3 is 14.7 Å². The van der Waals surface area contributed by atoms with Gasteiger partial charge in [-0.3, -0.25) is 0 Å². The maximum Gasteiger partial charge on any atom is 0.175 e. The van der Waals surface area contributed by atoms with Crippen LogP contribution in [0.15, 0.2) is 45.3 Å². The van der Waals surface area contributed by atoms with E-state index in [-0.39, 0.29) is 0 Å².